The second-order valence-corrected chi connectivity index (χ2v) is 3.55. The molecule has 0 radical (unpaired) electrons. The Kier molecular flexibility index (Phi) is 7.28. The second-order valence-electron chi connectivity index (χ2n) is 3.55. The van der Waals surface area contributed by atoms with Crippen LogP contribution in [0, 0.1) is 13.0 Å². The molecule has 0 saturated carbocycles. The summed E-state index contributed by atoms with van der Waals surface area (Å²) >= 11 is 0. The van der Waals surface area contributed by atoms with E-state index in [1.807, 2.05) is 42.1 Å². The van der Waals surface area contributed by atoms with Gasteiger partial charge in [0.1, 0.15) is 0 Å². The van der Waals surface area contributed by atoms with Gasteiger partial charge < -0.3 is 26.3 Å². The maximum absolute atomic E-state index is 10.8. The second kappa shape index (κ2) is 7.61. The normalized spacial score (nSPS) is 9.00. The first-order valence-electron chi connectivity index (χ1n) is 5.01. The molecule has 0 fully saturated rings. The van der Waals surface area contributed by atoms with E-state index in [4.69, 9.17) is 4.74 Å². The van der Waals surface area contributed by atoms with Gasteiger partial charge in [-0.2, -0.15) is 6.07 Å². The van der Waals surface area contributed by atoms with E-state index in [0.29, 0.717) is 5.75 Å². The van der Waals surface area contributed by atoms with E-state index in [0.717, 1.165) is 11.3 Å². The van der Waals surface area contributed by atoms with Gasteiger partial charge in [0.15, 0.2) is 0 Å². The molecule has 3 nitrogen and oxygen atoms in total. The number of nitrogens with zero attached hydrogens (tertiary/aromatic N) is 1. The van der Waals surface area contributed by atoms with Crippen molar-refractivity contribution in [2.24, 2.45) is 0 Å². The summed E-state index contributed by atoms with van der Waals surface area (Å²) in [5.41, 5.74) is 2.06. The summed E-state index contributed by atoms with van der Waals surface area (Å²) in [6.45, 7) is 3.37. The van der Waals surface area contributed by atoms with Crippen molar-refractivity contribution < 1.29 is 26.5 Å². The Morgan fingerprint density at radius 2 is 1.94 bits per heavy atom. The Balaban J connectivity index is 0.00000144. The molecular weight excluding hydrogens is 306 g/mol. The SMILES string of the molecule is CC(=O)Oc1[c-]cc(C)c(-n2cccc2)c1.[Br-].[Mg+2]. The van der Waals surface area contributed by atoms with Gasteiger partial charge in [-0.3, -0.25) is 4.79 Å². The summed E-state index contributed by atoms with van der Waals surface area (Å²) in [4.78, 5) is 10.8. The van der Waals surface area contributed by atoms with Gasteiger partial charge in [-0.1, -0.05) is 12.6 Å². The number of aryl methyl sites for hydroxylation is 1. The van der Waals surface area contributed by atoms with Crippen LogP contribution in [0.2, 0.25) is 0 Å². The molecule has 18 heavy (non-hydrogen) atoms. The van der Waals surface area contributed by atoms with Crippen molar-refractivity contribution in [3.8, 4) is 11.4 Å². The van der Waals surface area contributed by atoms with E-state index in [9.17, 15) is 4.79 Å². The molecule has 1 aromatic carbocycles. The smallest absolute Gasteiger partial charge is 1.00 e. The van der Waals surface area contributed by atoms with Gasteiger partial charge in [-0.25, -0.2) is 0 Å². The number of hydrogen-bond acceptors (Lipinski definition) is 2. The number of esters is 1. The van der Waals surface area contributed by atoms with Crippen LogP contribution in [0.15, 0.2) is 36.7 Å². The minimum absolute atomic E-state index is 0. The Bertz CT molecular complexity index is 512. The number of benzene rings is 1. The molecule has 0 aliphatic carbocycles. The van der Waals surface area contributed by atoms with Crippen LogP contribution in [0.3, 0.4) is 0 Å². The van der Waals surface area contributed by atoms with Crippen molar-refractivity contribution in [3.63, 3.8) is 0 Å². The predicted octanol–water partition coefficient (Wildman–Crippen LogP) is -0.866. The summed E-state index contributed by atoms with van der Waals surface area (Å²) in [6, 6.07) is 10.4. The van der Waals surface area contributed by atoms with Gasteiger partial charge >= 0.3 is 29.0 Å². The molecule has 0 aliphatic heterocycles. The van der Waals surface area contributed by atoms with Crippen molar-refractivity contribution in [1.82, 2.24) is 4.57 Å². The molecule has 0 amide bonds. The first kappa shape index (κ1) is 17.2. The zero-order valence-corrected chi connectivity index (χ0v) is 13.3. The van der Waals surface area contributed by atoms with E-state index in [-0.39, 0.29) is 46.0 Å². The average molecular weight is 318 g/mol. The molecule has 90 valence electrons. The van der Waals surface area contributed by atoms with Gasteiger partial charge in [-0.15, -0.1) is 17.7 Å². The molecule has 0 spiro atoms. The third kappa shape index (κ3) is 4.15. The number of hydrogen-bond donors (Lipinski definition) is 0. The van der Waals surface area contributed by atoms with Crippen molar-refractivity contribution >= 4 is 29.0 Å². The van der Waals surface area contributed by atoms with Crippen LogP contribution in [-0.4, -0.2) is 33.6 Å². The zero-order chi connectivity index (χ0) is 11.5. The summed E-state index contributed by atoms with van der Waals surface area (Å²) < 4.78 is 6.97. The van der Waals surface area contributed by atoms with Crippen LogP contribution in [0.25, 0.3) is 5.69 Å². The summed E-state index contributed by atoms with van der Waals surface area (Å²) in [5.74, 6) is 0.111. The topological polar surface area (TPSA) is 31.2 Å². The number of aromatic nitrogens is 1. The van der Waals surface area contributed by atoms with Crippen LogP contribution in [-0.2, 0) is 4.79 Å². The molecule has 0 aliphatic rings. The predicted molar refractivity (Wildman–Crippen MR) is 66.4 cm³/mol. The first-order chi connectivity index (χ1) is 7.66. The van der Waals surface area contributed by atoms with E-state index in [2.05, 4.69) is 6.07 Å². The maximum atomic E-state index is 10.8. The van der Waals surface area contributed by atoms with Crippen molar-refractivity contribution in [1.29, 1.82) is 0 Å². The van der Waals surface area contributed by atoms with E-state index < -0.39 is 0 Å². The fourth-order valence-electron chi connectivity index (χ4n) is 1.52. The van der Waals surface area contributed by atoms with Crippen LogP contribution < -0.4 is 21.7 Å². The molecular formula is C13H12BrMgNO2. The molecule has 1 heterocycles. The minimum atomic E-state index is -0.335. The zero-order valence-electron chi connectivity index (χ0n) is 10.3. The van der Waals surface area contributed by atoms with E-state index >= 15 is 0 Å². The average Bonchev–Trinajstić information content (AvgIpc) is 2.73. The van der Waals surface area contributed by atoms with Gasteiger partial charge in [0.25, 0.3) is 0 Å². The third-order valence-electron chi connectivity index (χ3n) is 2.24. The quantitative estimate of drug-likeness (QED) is 0.312. The molecule has 0 bridgehead atoms. The Morgan fingerprint density at radius 1 is 1.33 bits per heavy atom. The van der Waals surface area contributed by atoms with Crippen LogP contribution in [0.1, 0.15) is 12.5 Å². The monoisotopic (exact) mass is 317 g/mol. The number of halogens is 1. The van der Waals surface area contributed by atoms with Gasteiger partial charge in [-0.05, 0) is 12.1 Å². The molecule has 5 heteroatoms. The van der Waals surface area contributed by atoms with Crippen molar-refractivity contribution in [3.05, 3.63) is 48.3 Å². The van der Waals surface area contributed by atoms with Crippen molar-refractivity contribution in [2.75, 3.05) is 0 Å². The Hall–Kier alpha value is -0.784. The van der Waals surface area contributed by atoms with Gasteiger partial charge in [0.05, 0.1) is 0 Å². The fourth-order valence-corrected chi connectivity index (χ4v) is 1.52. The number of rotatable bonds is 2. The summed E-state index contributed by atoms with van der Waals surface area (Å²) in [7, 11) is 0. The van der Waals surface area contributed by atoms with Crippen LogP contribution >= 0.6 is 0 Å². The molecule has 1 aromatic heterocycles. The number of carbonyl (C=O) groups is 1. The Labute approximate surface area is 133 Å². The van der Waals surface area contributed by atoms with Crippen LogP contribution in [0.4, 0.5) is 0 Å². The number of carbonyl (C=O) groups excluding carboxylic acids is 1. The number of ether oxygens (including phenoxy) is 1. The van der Waals surface area contributed by atoms with E-state index in [1.165, 1.54) is 6.92 Å². The van der Waals surface area contributed by atoms with Gasteiger partial charge in [0.2, 0.25) is 0 Å². The third-order valence-corrected chi connectivity index (χ3v) is 2.24. The first-order valence-corrected chi connectivity index (χ1v) is 5.01. The standard InChI is InChI=1S/C13H12NO2.BrH.Mg/c1-10-5-6-12(16-11(2)15)9-13(10)14-7-3-4-8-14;;/h3-5,7-9H,1-2H3;1H;/q-1;;+2/p-1. The fraction of sp³-hybridized carbons (Fsp3) is 0.154. The largest absolute Gasteiger partial charge is 2.00 e. The molecule has 0 saturated heterocycles. The summed E-state index contributed by atoms with van der Waals surface area (Å²) in [6.07, 6.45) is 3.89. The minimum Gasteiger partial charge on any atom is -1.00 e. The molecule has 2 aromatic rings. The van der Waals surface area contributed by atoms with Crippen LogP contribution in [0.5, 0.6) is 5.75 Å². The van der Waals surface area contributed by atoms with Gasteiger partial charge in [0, 0.05) is 25.1 Å². The molecule has 0 atom stereocenters. The molecule has 0 N–H and O–H groups in total. The molecule has 2 rings (SSSR count). The van der Waals surface area contributed by atoms with Crippen molar-refractivity contribution in [2.45, 2.75) is 13.8 Å². The van der Waals surface area contributed by atoms with E-state index in [1.54, 1.807) is 6.07 Å². The maximum Gasteiger partial charge on any atom is 2.00 e. The summed E-state index contributed by atoms with van der Waals surface area (Å²) in [5, 5.41) is 0. The molecule has 0 unspecified atom stereocenters. The Morgan fingerprint density at radius 3 is 2.50 bits per heavy atom.